The number of amides is 1. The van der Waals surface area contributed by atoms with Crippen LogP contribution in [0.2, 0.25) is 0 Å². The molecule has 0 bridgehead atoms. The molecule has 0 unspecified atom stereocenters. The van der Waals surface area contributed by atoms with Gasteiger partial charge in [0.05, 0.1) is 5.41 Å². The quantitative estimate of drug-likeness (QED) is 0.375. The second-order valence-corrected chi connectivity index (χ2v) is 7.70. The van der Waals surface area contributed by atoms with Gasteiger partial charge < -0.3 is 5.32 Å². The van der Waals surface area contributed by atoms with E-state index in [4.69, 9.17) is 5.53 Å². The summed E-state index contributed by atoms with van der Waals surface area (Å²) in [6.07, 6.45) is 2.28. The number of anilines is 1. The van der Waals surface area contributed by atoms with E-state index in [2.05, 4.69) is 20.3 Å². The number of nitrogens with one attached hydrogen (secondary N) is 1. The highest BCUT2D eigenvalue weighted by Gasteiger charge is 2.48. The van der Waals surface area contributed by atoms with Crippen LogP contribution >= 0.6 is 11.3 Å². The monoisotopic (exact) mass is 375 g/mol. The highest BCUT2D eigenvalue weighted by molar-refractivity contribution is 7.13. The van der Waals surface area contributed by atoms with Crippen LogP contribution in [0.3, 0.4) is 0 Å². The molecule has 7 heteroatoms. The van der Waals surface area contributed by atoms with Crippen molar-refractivity contribution in [1.82, 2.24) is 4.98 Å². The average Bonchev–Trinajstić information content (AvgIpc) is 3.28. The van der Waals surface area contributed by atoms with Crippen molar-refractivity contribution in [3.63, 3.8) is 0 Å². The lowest BCUT2D eigenvalue weighted by Crippen LogP contribution is -2.37. The maximum atomic E-state index is 13.3. The van der Waals surface area contributed by atoms with Crippen LogP contribution in [0.25, 0.3) is 10.4 Å². The smallest absolute Gasteiger partial charge is 0.233 e. The number of hydrogen-bond acceptors (Lipinski definition) is 4. The van der Waals surface area contributed by atoms with Crippen molar-refractivity contribution in [2.75, 3.05) is 5.32 Å². The van der Waals surface area contributed by atoms with Gasteiger partial charge in [-0.15, -0.1) is 11.3 Å². The summed E-state index contributed by atoms with van der Waals surface area (Å²) >= 11 is 1.40. The lowest BCUT2D eigenvalue weighted by Gasteiger charge is -2.31. The van der Waals surface area contributed by atoms with Gasteiger partial charge in [0.15, 0.2) is 5.13 Å². The summed E-state index contributed by atoms with van der Waals surface area (Å²) in [5.74, 6) is -0.199. The fourth-order valence-electron chi connectivity index (χ4n) is 3.90. The van der Waals surface area contributed by atoms with Gasteiger partial charge in [-0.3, -0.25) is 4.79 Å². The van der Waals surface area contributed by atoms with E-state index in [-0.39, 0.29) is 11.8 Å². The Hall–Kier alpha value is -3.15. The Morgan fingerprint density at radius 3 is 2.85 bits per heavy atom. The molecule has 1 N–H and O–H groups in total. The summed E-state index contributed by atoms with van der Waals surface area (Å²) in [5.41, 5.74) is 11.8. The minimum Gasteiger partial charge on any atom is -0.301 e. The molecule has 0 saturated heterocycles. The van der Waals surface area contributed by atoms with E-state index in [1.807, 2.05) is 54.8 Å². The van der Waals surface area contributed by atoms with Crippen LogP contribution in [0.4, 0.5) is 10.8 Å². The number of carbonyl (C=O) groups is 1. The van der Waals surface area contributed by atoms with Crippen molar-refractivity contribution in [3.05, 3.63) is 87.2 Å². The molecule has 1 amide bonds. The summed E-state index contributed by atoms with van der Waals surface area (Å²) in [5, 5.41) is 9.13. The minimum atomic E-state index is -0.676. The summed E-state index contributed by atoms with van der Waals surface area (Å²) in [7, 11) is 0. The minimum absolute atomic E-state index is 0.0622. The van der Waals surface area contributed by atoms with Crippen LogP contribution < -0.4 is 5.32 Å². The van der Waals surface area contributed by atoms with E-state index in [0.29, 0.717) is 17.2 Å². The third-order valence-electron chi connectivity index (χ3n) is 5.10. The number of benzene rings is 2. The molecule has 0 radical (unpaired) electrons. The van der Waals surface area contributed by atoms with Gasteiger partial charge >= 0.3 is 0 Å². The lowest BCUT2D eigenvalue weighted by atomic mass is 9.73. The molecule has 134 valence electrons. The van der Waals surface area contributed by atoms with Crippen LogP contribution in [-0.4, -0.2) is 10.9 Å². The van der Waals surface area contributed by atoms with Crippen molar-refractivity contribution in [2.24, 2.45) is 10.5 Å². The number of hydrogen-bond donors (Lipinski definition) is 1. The summed E-state index contributed by atoms with van der Waals surface area (Å²) in [4.78, 5) is 20.3. The molecule has 1 aliphatic rings. The van der Waals surface area contributed by atoms with Crippen LogP contribution in [-0.2, 0) is 11.2 Å². The molecular weight excluding hydrogens is 358 g/mol. The summed E-state index contributed by atoms with van der Waals surface area (Å²) in [6.45, 7) is 1.99. The molecule has 2 atom stereocenters. The first kappa shape index (κ1) is 17.3. The van der Waals surface area contributed by atoms with E-state index in [9.17, 15) is 4.79 Å². The Morgan fingerprint density at radius 2 is 2.15 bits per heavy atom. The number of nitrogens with zero attached hydrogens (tertiary/aromatic N) is 4. The molecular formula is C20H17N5OS. The number of aromatic nitrogens is 1. The fraction of sp³-hybridized carbons (Fsp3) is 0.200. The standard InChI is InChI=1S/C20H17N5OS/c1-20(18(26)23-19-22-9-10-27-19)12-14-7-8-15(24-25-21)11-16(14)17(20)13-5-3-2-4-6-13/h2-11,17H,12H2,1H3,(H,22,23,26)/t17-,20+/m1/s1. The second kappa shape index (κ2) is 6.87. The van der Waals surface area contributed by atoms with Gasteiger partial charge in [-0.25, -0.2) is 4.98 Å². The second-order valence-electron chi connectivity index (χ2n) is 6.80. The Labute approximate surface area is 160 Å². The van der Waals surface area contributed by atoms with Crippen LogP contribution in [0, 0.1) is 5.41 Å². The molecule has 0 saturated carbocycles. The number of rotatable bonds is 4. The van der Waals surface area contributed by atoms with Gasteiger partial charge in [0.25, 0.3) is 0 Å². The molecule has 4 rings (SSSR count). The molecule has 6 nitrogen and oxygen atoms in total. The maximum Gasteiger partial charge on any atom is 0.233 e. The first-order chi connectivity index (χ1) is 13.1. The maximum absolute atomic E-state index is 13.3. The van der Waals surface area contributed by atoms with Crippen LogP contribution in [0.15, 0.2) is 65.2 Å². The Bertz CT molecular complexity index is 1030. The van der Waals surface area contributed by atoms with Gasteiger partial charge in [0, 0.05) is 28.1 Å². The lowest BCUT2D eigenvalue weighted by molar-refractivity contribution is -0.125. The third-order valence-corrected chi connectivity index (χ3v) is 5.79. The van der Waals surface area contributed by atoms with Crippen molar-refractivity contribution < 1.29 is 4.79 Å². The molecule has 0 fully saturated rings. The predicted molar refractivity (Wildman–Crippen MR) is 106 cm³/mol. The zero-order valence-electron chi connectivity index (χ0n) is 14.7. The van der Waals surface area contributed by atoms with Crippen molar-refractivity contribution in [1.29, 1.82) is 0 Å². The largest absolute Gasteiger partial charge is 0.301 e. The Kier molecular flexibility index (Phi) is 4.39. The first-order valence-electron chi connectivity index (χ1n) is 8.55. The Balaban J connectivity index is 1.81. The van der Waals surface area contributed by atoms with E-state index < -0.39 is 5.41 Å². The normalized spacial score (nSPS) is 20.6. The molecule has 1 heterocycles. The average molecular weight is 375 g/mol. The highest BCUT2D eigenvalue weighted by Crippen LogP contribution is 2.52. The van der Waals surface area contributed by atoms with E-state index >= 15 is 0 Å². The zero-order chi connectivity index (χ0) is 18.9. The SMILES string of the molecule is C[C@]1(C(=O)Nc2nccs2)Cc2ccc(N=[N+]=[N-])cc2[C@H]1c1ccccc1. The van der Waals surface area contributed by atoms with Crippen molar-refractivity contribution in [2.45, 2.75) is 19.3 Å². The summed E-state index contributed by atoms with van der Waals surface area (Å²) < 4.78 is 0. The molecule has 0 spiro atoms. The molecule has 27 heavy (non-hydrogen) atoms. The van der Waals surface area contributed by atoms with E-state index in [0.717, 1.165) is 16.7 Å². The molecule has 3 aromatic rings. The van der Waals surface area contributed by atoms with Gasteiger partial charge in [-0.05, 0) is 41.6 Å². The van der Waals surface area contributed by atoms with Gasteiger partial charge in [0.1, 0.15) is 0 Å². The van der Waals surface area contributed by atoms with Crippen molar-refractivity contribution in [3.8, 4) is 0 Å². The number of thiazole rings is 1. The molecule has 0 aliphatic heterocycles. The van der Waals surface area contributed by atoms with Gasteiger partial charge in [0.2, 0.25) is 5.91 Å². The van der Waals surface area contributed by atoms with Gasteiger partial charge in [-0.1, -0.05) is 47.6 Å². The number of carbonyl (C=O) groups excluding carboxylic acids is 1. The highest BCUT2D eigenvalue weighted by atomic mass is 32.1. The topological polar surface area (TPSA) is 90.8 Å². The fourth-order valence-corrected chi connectivity index (χ4v) is 4.42. The summed E-state index contributed by atoms with van der Waals surface area (Å²) in [6, 6.07) is 15.6. The van der Waals surface area contributed by atoms with Crippen LogP contribution in [0.5, 0.6) is 0 Å². The Morgan fingerprint density at radius 1 is 1.33 bits per heavy atom. The molecule has 1 aromatic heterocycles. The number of azide groups is 1. The third kappa shape index (κ3) is 3.07. The van der Waals surface area contributed by atoms with E-state index in [1.165, 1.54) is 11.3 Å². The van der Waals surface area contributed by atoms with E-state index in [1.54, 1.807) is 12.3 Å². The molecule has 2 aromatic carbocycles. The zero-order valence-corrected chi connectivity index (χ0v) is 15.5. The van der Waals surface area contributed by atoms with Crippen molar-refractivity contribution >= 4 is 28.1 Å². The molecule has 1 aliphatic carbocycles. The van der Waals surface area contributed by atoms with Crippen LogP contribution in [0.1, 0.15) is 29.5 Å². The van der Waals surface area contributed by atoms with Gasteiger partial charge in [-0.2, -0.15) is 0 Å². The number of fused-ring (bicyclic) bond motifs is 1. The predicted octanol–water partition coefficient (Wildman–Crippen LogP) is 5.42. The first-order valence-corrected chi connectivity index (χ1v) is 9.43.